The number of fused-ring (bicyclic) bond motifs is 1. The second-order valence-corrected chi connectivity index (χ2v) is 5.71. The number of benzene rings is 2. The number of hydrogen-bond acceptors (Lipinski definition) is 2. The van der Waals surface area contributed by atoms with E-state index in [9.17, 15) is 0 Å². The molecule has 20 heavy (non-hydrogen) atoms. The first-order valence-electron chi connectivity index (χ1n) is 7.69. The third-order valence-corrected chi connectivity index (χ3v) is 4.09. The molecular formula is C17H18ClNO. The van der Waals surface area contributed by atoms with E-state index in [1.165, 1.54) is 5.56 Å². The summed E-state index contributed by atoms with van der Waals surface area (Å²) >= 11 is 6.22. The molecule has 0 aromatic heterocycles. The van der Waals surface area contributed by atoms with Crippen LogP contribution in [0.15, 0.2) is 30.3 Å². The summed E-state index contributed by atoms with van der Waals surface area (Å²) in [5, 5.41) is 0.388. The van der Waals surface area contributed by atoms with Crippen molar-refractivity contribution in [2.24, 2.45) is 0 Å². The minimum absolute atomic E-state index is 0.114. The van der Waals surface area contributed by atoms with Crippen LogP contribution in [0.4, 0.5) is 5.69 Å². The van der Waals surface area contributed by atoms with Crippen molar-refractivity contribution >= 4 is 17.3 Å². The van der Waals surface area contributed by atoms with Crippen LogP contribution in [-0.4, -0.2) is 6.56 Å². The molecule has 2 nitrogen and oxygen atoms in total. The Morgan fingerprint density at radius 3 is 2.65 bits per heavy atom. The lowest BCUT2D eigenvalue weighted by Gasteiger charge is -2.13. The zero-order valence-electron chi connectivity index (χ0n) is 13.5. The van der Waals surface area contributed by atoms with Gasteiger partial charge in [0.25, 0.3) is 0 Å². The zero-order valence-corrected chi connectivity index (χ0v) is 12.3. The highest BCUT2D eigenvalue weighted by atomic mass is 35.5. The first kappa shape index (κ1) is 11.0. The summed E-state index contributed by atoms with van der Waals surface area (Å²) < 4.78 is 21.2. The molecule has 2 aromatic rings. The van der Waals surface area contributed by atoms with E-state index in [-0.39, 0.29) is 6.42 Å². The first-order chi connectivity index (χ1) is 10.3. The average molecular weight is 290 g/mol. The van der Waals surface area contributed by atoms with Gasteiger partial charge in [-0.3, -0.25) is 0 Å². The van der Waals surface area contributed by atoms with Gasteiger partial charge in [-0.05, 0) is 23.1 Å². The molecule has 0 saturated heterocycles. The van der Waals surface area contributed by atoms with Gasteiger partial charge in [0, 0.05) is 17.5 Å². The zero-order chi connectivity index (χ0) is 16.1. The molecule has 1 aliphatic rings. The lowest BCUT2D eigenvalue weighted by atomic mass is 9.96. The molecule has 0 saturated carbocycles. The Bertz CT molecular complexity index is 726. The Balaban J connectivity index is 2.13. The van der Waals surface area contributed by atoms with E-state index in [2.05, 4.69) is 26.0 Å². The smallest absolute Gasteiger partial charge is 0.132 e. The number of nitrogen functional groups attached to an aromatic ring is 1. The van der Waals surface area contributed by atoms with E-state index >= 15 is 0 Å². The van der Waals surface area contributed by atoms with Gasteiger partial charge >= 0.3 is 0 Å². The summed E-state index contributed by atoms with van der Waals surface area (Å²) in [6.45, 7) is 2.54. The van der Waals surface area contributed by atoms with Crippen molar-refractivity contribution in [1.82, 2.24) is 0 Å². The minimum atomic E-state index is -1.74. The van der Waals surface area contributed by atoms with E-state index in [0.717, 1.165) is 11.1 Å². The lowest BCUT2D eigenvalue weighted by Crippen LogP contribution is -1.94. The maximum atomic E-state index is 7.83. The van der Waals surface area contributed by atoms with Gasteiger partial charge in [0.2, 0.25) is 0 Å². The van der Waals surface area contributed by atoms with Crippen LogP contribution < -0.4 is 10.5 Å². The highest BCUT2D eigenvalue weighted by Crippen LogP contribution is 2.43. The van der Waals surface area contributed by atoms with Crippen molar-refractivity contribution in [2.45, 2.75) is 26.2 Å². The second-order valence-electron chi connectivity index (χ2n) is 5.33. The standard InChI is InChI=1S/C17H18ClNO/c1-10(2)11-3-5-12(6-4-11)14-9-15(19)16(18)13-7-8-20-17(13)14/h3-6,9-10H,7-8,19H2,1-2H3/i8D2. The molecular weight excluding hydrogens is 270 g/mol. The maximum Gasteiger partial charge on any atom is 0.132 e. The highest BCUT2D eigenvalue weighted by molar-refractivity contribution is 6.34. The Hall–Kier alpha value is -1.67. The Morgan fingerprint density at radius 2 is 2.00 bits per heavy atom. The lowest BCUT2D eigenvalue weighted by molar-refractivity contribution is 0.358. The summed E-state index contributed by atoms with van der Waals surface area (Å²) in [4.78, 5) is 0. The van der Waals surface area contributed by atoms with Crippen LogP contribution in [0.25, 0.3) is 11.1 Å². The molecule has 3 heteroatoms. The van der Waals surface area contributed by atoms with Crippen LogP contribution in [0.3, 0.4) is 0 Å². The van der Waals surface area contributed by atoms with E-state index in [4.69, 9.17) is 24.8 Å². The fraction of sp³-hybridized carbons (Fsp3) is 0.294. The SMILES string of the molecule is [2H]C1([2H])Cc2c(Cl)c(N)cc(-c3ccc(C(C)C)cc3)c2O1. The second kappa shape index (κ2) is 5.02. The fourth-order valence-electron chi connectivity index (χ4n) is 2.44. The van der Waals surface area contributed by atoms with Gasteiger partial charge in [0.15, 0.2) is 0 Å². The topological polar surface area (TPSA) is 35.2 Å². The monoisotopic (exact) mass is 289 g/mol. The largest absolute Gasteiger partial charge is 0.492 e. The van der Waals surface area contributed by atoms with Gasteiger partial charge in [-0.15, -0.1) is 0 Å². The molecule has 0 aliphatic carbocycles. The summed E-state index contributed by atoms with van der Waals surface area (Å²) in [6, 6.07) is 9.92. The van der Waals surface area contributed by atoms with E-state index in [1.807, 2.05) is 12.1 Å². The van der Waals surface area contributed by atoms with Gasteiger partial charge in [-0.1, -0.05) is 49.7 Å². The van der Waals surface area contributed by atoms with Gasteiger partial charge in [-0.2, -0.15) is 0 Å². The van der Waals surface area contributed by atoms with Crippen LogP contribution in [0.1, 0.15) is 33.6 Å². The predicted molar refractivity (Wildman–Crippen MR) is 84.6 cm³/mol. The molecule has 2 aromatic carbocycles. The number of hydrogen-bond donors (Lipinski definition) is 1. The van der Waals surface area contributed by atoms with E-state index < -0.39 is 6.56 Å². The van der Waals surface area contributed by atoms with Gasteiger partial charge in [-0.25, -0.2) is 0 Å². The first-order valence-corrected chi connectivity index (χ1v) is 7.06. The van der Waals surface area contributed by atoms with Gasteiger partial charge in [0.05, 0.1) is 20.0 Å². The van der Waals surface area contributed by atoms with Crippen LogP contribution in [0.2, 0.25) is 5.02 Å². The van der Waals surface area contributed by atoms with Crippen molar-refractivity contribution in [1.29, 1.82) is 0 Å². The summed E-state index contributed by atoms with van der Waals surface area (Å²) in [6.07, 6.45) is 0.114. The molecule has 0 unspecified atom stereocenters. The molecule has 0 bridgehead atoms. The van der Waals surface area contributed by atoms with Crippen LogP contribution in [-0.2, 0) is 6.42 Å². The Kier molecular flexibility index (Phi) is 2.77. The van der Waals surface area contributed by atoms with E-state index in [0.29, 0.717) is 27.9 Å². The van der Waals surface area contributed by atoms with Crippen LogP contribution >= 0.6 is 11.6 Å². The average Bonchev–Trinajstić information content (AvgIpc) is 2.79. The number of ether oxygens (including phenoxy) is 1. The Labute approximate surface area is 127 Å². The molecule has 0 fully saturated rings. The van der Waals surface area contributed by atoms with Crippen LogP contribution in [0.5, 0.6) is 5.75 Å². The Morgan fingerprint density at radius 1 is 1.30 bits per heavy atom. The molecule has 104 valence electrons. The number of nitrogens with two attached hydrogens (primary N) is 1. The highest BCUT2D eigenvalue weighted by Gasteiger charge is 2.22. The number of halogens is 1. The fourth-order valence-corrected chi connectivity index (χ4v) is 2.64. The summed E-state index contributed by atoms with van der Waals surface area (Å²) in [5.41, 5.74) is 10.1. The third-order valence-electron chi connectivity index (χ3n) is 3.65. The molecule has 0 atom stereocenters. The van der Waals surface area contributed by atoms with Crippen molar-refractivity contribution in [3.05, 3.63) is 46.5 Å². The normalized spacial score (nSPS) is 17.4. The quantitative estimate of drug-likeness (QED) is 0.817. The number of rotatable bonds is 2. The molecule has 1 aliphatic heterocycles. The van der Waals surface area contributed by atoms with Gasteiger partial charge < -0.3 is 10.5 Å². The molecule has 1 heterocycles. The molecule has 3 rings (SSSR count). The van der Waals surface area contributed by atoms with Gasteiger partial charge in [0.1, 0.15) is 5.75 Å². The molecule has 0 spiro atoms. The third kappa shape index (κ3) is 2.14. The number of anilines is 1. The van der Waals surface area contributed by atoms with E-state index in [1.54, 1.807) is 6.07 Å². The van der Waals surface area contributed by atoms with Crippen LogP contribution in [0, 0.1) is 0 Å². The molecule has 0 radical (unpaired) electrons. The minimum Gasteiger partial charge on any atom is -0.492 e. The van der Waals surface area contributed by atoms with Crippen molar-refractivity contribution < 1.29 is 7.48 Å². The molecule has 0 amide bonds. The van der Waals surface area contributed by atoms with Crippen molar-refractivity contribution in [3.8, 4) is 16.9 Å². The van der Waals surface area contributed by atoms with Crippen molar-refractivity contribution in [3.63, 3.8) is 0 Å². The van der Waals surface area contributed by atoms with Crippen molar-refractivity contribution in [2.75, 3.05) is 12.3 Å². The summed E-state index contributed by atoms with van der Waals surface area (Å²) in [7, 11) is 0. The predicted octanol–water partition coefficient (Wildman–Crippen LogP) is 4.65. The summed E-state index contributed by atoms with van der Waals surface area (Å²) in [5.74, 6) is 0.960. The maximum absolute atomic E-state index is 7.83. The molecule has 2 N–H and O–H groups in total.